The van der Waals surface area contributed by atoms with Gasteiger partial charge in [-0.1, -0.05) is 414 Å². The predicted octanol–water partition coefficient (Wildman–Crippen LogP) is 34.2. The molecule has 0 aliphatic heterocycles. The molecule has 130 heavy (non-hydrogen) atoms. The van der Waals surface area contributed by atoms with E-state index < -0.39 is 5.41 Å². The zero-order chi connectivity index (χ0) is 86.1. The highest BCUT2D eigenvalue weighted by Gasteiger charge is 2.46. The predicted molar refractivity (Wildman–Crippen MR) is 550 cm³/mol. The SMILES string of the molecule is CC1(C)c2ccccc2-c2ccc(-c3cccc(-c4ccc5c(c4)c4ccccc4n5-c4ccc(-c5c6ccccc6c(-c6ccccc6)c6ccccc56)cc4)c3)cc21.c1ccc(-c2c3ccccc3c(-c3ccc(-n4c5ccccc5c5cc(-c6cccc(-c7ccc8c(c7)C(c7ccccc7)(c7ccccc7)c7ccccc7-8)c6)ccc54)cc3)c3ccccc23)cc1. The minimum Gasteiger partial charge on any atom is -0.309 e. The van der Waals surface area contributed by atoms with Gasteiger partial charge in [-0.2, -0.15) is 0 Å². The van der Waals surface area contributed by atoms with Crippen molar-refractivity contribution in [1.82, 2.24) is 9.13 Å². The van der Waals surface area contributed by atoms with Crippen molar-refractivity contribution < 1.29 is 0 Å². The van der Waals surface area contributed by atoms with E-state index in [-0.39, 0.29) is 5.41 Å². The molecule has 2 aliphatic rings. The third kappa shape index (κ3) is 12.1. The van der Waals surface area contributed by atoms with Gasteiger partial charge in [0.1, 0.15) is 0 Å². The lowest BCUT2D eigenvalue weighted by molar-refractivity contribution is 0.660. The summed E-state index contributed by atoms with van der Waals surface area (Å²) in [6.07, 6.45) is 0. The Kier molecular flexibility index (Phi) is 17.9. The van der Waals surface area contributed by atoms with Crippen LogP contribution in [0.1, 0.15) is 47.2 Å². The lowest BCUT2D eigenvalue weighted by Crippen LogP contribution is -2.28. The van der Waals surface area contributed by atoms with E-state index in [9.17, 15) is 0 Å². The maximum absolute atomic E-state index is 2.46. The summed E-state index contributed by atoms with van der Waals surface area (Å²) in [4.78, 5) is 0. The van der Waals surface area contributed by atoms with Crippen LogP contribution >= 0.6 is 0 Å². The Balaban J connectivity index is 0.000000142. The lowest BCUT2D eigenvalue weighted by atomic mass is 9.67. The first-order valence-electron chi connectivity index (χ1n) is 45.3. The number of para-hydroxylation sites is 2. The third-order valence-electron chi connectivity index (χ3n) is 28.3. The summed E-state index contributed by atoms with van der Waals surface area (Å²) >= 11 is 0. The summed E-state index contributed by atoms with van der Waals surface area (Å²) in [7, 11) is 0. The summed E-state index contributed by atoms with van der Waals surface area (Å²) in [5, 5.41) is 15.1. The first kappa shape index (κ1) is 76.0. The fourth-order valence-electron chi connectivity index (χ4n) is 22.4. The first-order chi connectivity index (χ1) is 64.3. The number of aromatic nitrogens is 2. The van der Waals surface area contributed by atoms with E-state index in [1.807, 2.05) is 0 Å². The molecule has 2 nitrogen and oxygen atoms in total. The fourth-order valence-corrected chi connectivity index (χ4v) is 22.4. The van der Waals surface area contributed by atoms with Crippen molar-refractivity contribution in [2.45, 2.75) is 24.7 Å². The summed E-state index contributed by atoms with van der Waals surface area (Å²) in [6, 6.07) is 180. The highest BCUT2D eigenvalue weighted by molar-refractivity contribution is 6.23. The second-order valence-corrected chi connectivity index (χ2v) is 35.6. The van der Waals surface area contributed by atoms with Gasteiger partial charge in [-0.15, -0.1) is 0 Å². The molecule has 2 heterocycles. The molecule has 0 amide bonds. The molecular formula is C128H86N2. The Hall–Kier alpha value is -16.5. The van der Waals surface area contributed by atoms with Crippen molar-refractivity contribution in [3.05, 3.63) is 519 Å². The molecule has 0 fully saturated rings. The van der Waals surface area contributed by atoms with Gasteiger partial charge >= 0.3 is 0 Å². The van der Waals surface area contributed by atoms with Crippen LogP contribution in [0, 0.1) is 0 Å². The van der Waals surface area contributed by atoms with E-state index in [4.69, 9.17) is 0 Å². The Morgan fingerprint density at radius 2 is 0.408 bits per heavy atom. The number of hydrogen-bond donors (Lipinski definition) is 0. The quantitative estimate of drug-likeness (QED) is 0.108. The van der Waals surface area contributed by atoms with Gasteiger partial charge in [0.25, 0.3) is 0 Å². The van der Waals surface area contributed by atoms with Gasteiger partial charge in [-0.25, -0.2) is 0 Å². The van der Waals surface area contributed by atoms with Crippen LogP contribution in [-0.4, -0.2) is 9.13 Å². The molecule has 26 rings (SSSR count). The topological polar surface area (TPSA) is 9.86 Å². The van der Waals surface area contributed by atoms with E-state index in [0.717, 1.165) is 11.4 Å². The van der Waals surface area contributed by atoms with Crippen molar-refractivity contribution in [2.75, 3.05) is 0 Å². The molecule has 2 heteroatoms. The summed E-state index contributed by atoms with van der Waals surface area (Å²) < 4.78 is 4.85. The normalized spacial score (nSPS) is 12.8. The Morgan fingerprint density at radius 3 is 0.800 bits per heavy atom. The van der Waals surface area contributed by atoms with E-state index in [2.05, 4.69) is 508 Å². The number of hydrogen-bond acceptors (Lipinski definition) is 0. The Morgan fingerprint density at radius 1 is 0.154 bits per heavy atom. The standard InChI is InChI=1S/C69H45N.C59H41N/c1-4-19-46(20-5-1)67-58-29-10-12-31-60(58)68(61-32-13-11-30-59(61)67)47-35-39-54(40-36-47)70-65-34-17-15-28-57(65)62-44-50(38-42-66(62)70)48-21-18-22-49(43-48)51-37-41-56-55-27-14-16-33-63(55)69(64(56)45-51,52-23-6-2-7-24-52)53-25-8-3-9-26-53;1-59(2)53-25-12-10-19-45(53)46-33-29-43(37-54(46)59)41-18-14-17-40(35-41)42-30-34-56-52(36-42)47-20-11-13-26-55(47)60(56)44-31-27-39(28-32-44)58-50-23-8-6-21-48(50)57(38-15-4-3-5-16-38)49-22-7-9-24-51(49)58/h1-45H;3-37H,1-2H3. The lowest BCUT2D eigenvalue weighted by Gasteiger charge is -2.34. The molecule has 0 N–H and O–H groups in total. The van der Waals surface area contributed by atoms with Gasteiger partial charge in [0.05, 0.1) is 27.5 Å². The van der Waals surface area contributed by atoms with Crippen LogP contribution in [-0.2, 0) is 10.8 Å². The molecule has 608 valence electrons. The monoisotopic (exact) mass is 1650 g/mol. The molecule has 0 bridgehead atoms. The first-order valence-corrected chi connectivity index (χ1v) is 45.3. The molecule has 0 spiro atoms. The molecule has 2 aliphatic carbocycles. The van der Waals surface area contributed by atoms with Crippen molar-refractivity contribution in [3.8, 4) is 123 Å². The van der Waals surface area contributed by atoms with Gasteiger partial charge in [-0.05, 0) is 273 Å². The Labute approximate surface area is 756 Å². The van der Waals surface area contributed by atoms with Gasteiger partial charge < -0.3 is 9.13 Å². The molecule has 0 saturated carbocycles. The van der Waals surface area contributed by atoms with Crippen LogP contribution < -0.4 is 0 Å². The molecule has 2 aromatic heterocycles. The fraction of sp³-hybridized carbons (Fsp3) is 0.0312. The van der Waals surface area contributed by atoms with Crippen LogP contribution in [0.4, 0.5) is 0 Å². The number of fused-ring (bicyclic) bond motifs is 16. The Bertz CT molecular complexity index is 8490. The molecule has 0 atom stereocenters. The third-order valence-corrected chi connectivity index (χ3v) is 28.3. The maximum atomic E-state index is 2.46. The zero-order valence-electron chi connectivity index (χ0n) is 72.1. The minimum absolute atomic E-state index is 0.0317. The minimum atomic E-state index is -0.446. The molecule has 0 unspecified atom stereocenters. The molecular weight excluding hydrogens is 1570 g/mol. The highest BCUT2D eigenvalue weighted by Crippen LogP contribution is 2.58. The molecule has 0 radical (unpaired) electrons. The van der Waals surface area contributed by atoms with E-state index in [1.54, 1.807) is 0 Å². The maximum Gasteiger partial charge on any atom is 0.0713 e. The second-order valence-electron chi connectivity index (χ2n) is 35.6. The van der Waals surface area contributed by atoms with Crippen molar-refractivity contribution >= 4 is 86.7 Å². The van der Waals surface area contributed by atoms with E-state index >= 15 is 0 Å². The largest absolute Gasteiger partial charge is 0.309 e. The zero-order valence-corrected chi connectivity index (χ0v) is 72.1. The smallest absolute Gasteiger partial charge is 0.0713 e. The van der Waals surface area contributed by atoms with Crippen LogP contribution in [0.15, 0.2) is 485 Å². The highest BCUT2D eigenvalue weighted by atomic mass is 15.0. The van der Waals surface area contributed by atoms with Gasteiger partial charge in [-0.3, -0.25) is 0 Å². The second kappa shape index (κ2) is 30.7. The van der Waals surface area contributed by atoms with E-state index in [1.165, 1.54) is 231 Å². The molecule has 0 saturated heterocycles. The number of nitrogens with zero attached hydrogens (tertiary/aromatic N) is 2. The summed E-state index contributed by atoms with van der Waals surface area (Å²) in [5.74, 6) is 0. The van der Waals surface area contributed by atoms with Gasteiger partial charge in [0, 0.05) is 38.3 Å². The van der Waals surface area contributed by atoms with Crippen molar-refractivity contribution in [2.24, 2.45) is 0 Å². The number of benzene rings is 22. The average Bonchev–Trinajstić information content (AvgIpc) is 1.52. The molecule has 22 aromatic carbocycles. The van der Waals surface area contributed by atoms with Crippen molar-refractivity contribution in [1.29, 1.82) is 0 Å². The average molecular weight is 1650 g/mol. The summed E-state index contributed by atoms with van der Waals surface area (Å²) in [6.45, 7) is 4.71. The van der Waals surface area contributed by atoms with E-state index in [0.29, 0.717) is 0 Å². The van der Waals surface area contributed by atoms with Crippen LogP contribution in [0.3, 0.4) is 0 Å². The van der Waals surface area contributed by atoms with Gasteiger partial charge in [0.15, 0.2) is 0 Å². The number of rotatable bonds is 12. The molecule has 24 aromatic rings. The van der Waals surface area contributed by atoms with Crippen molar-refractivity contribution in [3.63, 3.8) is 0 Å². The van der Waals surface area contributed by atoms with Crippen LogP contribution in [0.2, 0.25) is 0 Å². The van der Waals surface area contributed by atoms with Crippen LogP contribution in [0.25, 0.3) is 209 Å². The summed E-state index contributed by atoms with van der Waals surface area (Å²) in [5.41, 5.74) is 39.6. The van der Waals surface area contributed by atoms with Crippen LogP contribution in [0.5, 0.6) is 0 Å². The van der Waals surface area contributed by atoms with Gasteiger partial charge in [0.2, 0.25) is 0 Å².